The van der Waals surface area contributed by atoms with Crippen molar-refractivity contribution in [1.29, 1.82) is 0 Å². The molecule has 0 fully saturated rings. The number of hydrogen-bond acceptors (Lipinski definition) is 12. The van der Waals surface area contributed by atoms with Crippen molar-refractivity contribution in [2.45, 2.75) is 95.4 Å². The number of unbranched alkanes of at least 4 members (excludes halogenated alkanes) is 1. The molecule has 0 bridgehead atoms. The molecule has 0 saturated carbocycles. The fourth-order valence-electron chi connectivity index (χ4n) is 3.10. The third-order valence-corrected chi connectivity index (χ3v) is 6.23. The van der Waals surface area contributed by atoms with Crippen molar-refractivity contribution in [2.24, 2.45) is 11.8 Å². The van der Waals surface area contributed by atoms with Crippen molar-refractivity contribution in [3.8, 4) is 0 Å². The Labute approximate surface area is 209 Å². The molecule has 0 aliphatic carbocycles. The predicted molar refractivity (Wildman–Crippen MR) is 122 cm³/mol. The summed E-state index contributed by atoms with van der Waals surface area (Å²) in [6.07, 6.45) is -7.77. The fraction of sp³-hybridized carbons (Fsp3) is 0.826. The number of carboxylic acid groups (broad SMARTS) is 1. The lowest BCUT2D eigenvalue weighted by Gasteiger charge is -2.38. The number of carbonyl (C=O) groups excluding carboxylic acids is 3. The molecule has 0 aliphatic rings. The largest absolute Gasteiger partial charge is 0.479 e. The molecule has 0 spiro atoms. The second kappa shape index (κ2) is 15.2. The third kappa shape index (κ3) is 9.05. The van der Waals surface area contributed by atoms with Crippen LogP contribution in [0.1, 0.15) is 59.8 Å². The van der Waals surface area contributed by atoms with E-state index < -0.39 is 47.6 Å². The van der Waals surface area contributed by atoms with E-state index in [-0.39, 0.29) is 43.7 Å². The van der Waals surface area contributed by atoms with Gasteiger partial charge in [-0.05, 0) is 38.5 Å². The Morgan fingerprint density at radius 2 is 1.50 bits per heavy atom. The van der Waals surface area contributed by atoms with Gasteiger partial charge in [-0.2, -0.15) is 0 Å². The first-order valence-electron chi connectivity index (χ1n) is 11.8. The predicted octanol–water partition coefficient (Wildman–Crippen LogP) is -1.48. The average Bonchev–Trinajstić information content (AvgIpc) is 2.84. The molecule has 8 unspecified atom stereocenters. The molecule has 13 nitrogen and oxygen atoms in total. The molecule has 0 heterocycles. The summed E-state index contributed by atoms with van der Waals surface area (Å²) >= 11 is 0. The maximum Gasteiger partial charge on any atom is 0.352 e. The summed E-state index contributed by atoms with van der Waals surface area (Å²) < 4.78 is 9.93. The van der Waals surface area contributed by atoms with E-state index in [1.54, 1.807) is 6.92 Å². The van der Waals surface area contributed by atoms with Crippen LogP contribution in [0.15, 0.2) is 0 Å². The molecule has 0 aliphatic heterocycles. The van der Waals surface area contributed by atoms with Gasteiger partial charge in [-0.25, -0.2) is 9.59 Å². The molecule has 0 aromatic carbocycles. The van der Waals surface area contributed by atoms with E-state index in [2.05, 4.69) is 0 Å². The number of aliphatic hydroxyl groups excluding tert-OH is 4. The molecule has 0 saturated heterocycles. The minimum atomic E-state index is -3.73. The van der Waals surface area contributed by atoms with Crippen LogP contribution in [0.4, 0.5) is 0 Å². The van der Waals surface area contributed by atoms with Crippen LogP contribution in [0.2, 0.25) is 0 Å². The van der Waals surface area contributed by atoms with Gasteiger partial charge in [0, 0.05) is 0 Å². The van der Waals surface area contributed by atoms with E-state index in [1.807, 2.05) is 13.8 Å². The summed E-state index contributed by atoms with van der Waals surface area (Å²) in [5.74, 6) is -4.38. The normalized spacial score (nSPS) is 19.9. The summed E-state index contributed by atoms with van der Waals surface area (Å²) in [6.45, 7) is 6.25. The van der Waals surface area contributed by atoms with E-state index in [9.17, 15) is 54.9 Å². The highest BCUT2D eigenvalue weighted by Crippen LogP contribution is 2.25. The van der Waals surface area contributed by atoms with Crippen molar-refractivity contribution in [3.63, 3.8) is 0 Å². The number of hydrogen-bond donors (Lipinski definition) is 7. The molecular weight excluding hydrogens is 484 g/mol. The summed E-state index contributed by atoms with van der Waals surface area (Å²) in [4.78, 5) is 46.2. The number of aliphatic hydroxyl groups is 6. The molecule has 36 heavy (non-hydrogen) atoms. The van der Waals surface area contributed by atoms with E-state index in [1.165, 1.54) is 0 Å². The van der Waals surface area contributed by atoms with Gasteiger partial charge in [-0.3, -0.25) is 4.79 Å². The summed E-state index contributed by atoms with van der Waals surface area (Å²) in [6, 6.07) is 0. The van der Waals surface area contributed by atoms with Crippen molar-refractivity contribution >= 4 is 24.2 Å². The van der Waals surface area contributed by atoms with Crippen molar-refractivity contribution in [2.75, 3.05) is 13.2 Å². The molecule has 0 aromatic heterocycles. The average molecular weight is 525 g/mol. The van der Waals surface area contributed by atoms with Crippen LogP contribution in [0.25, 0.3) is 0 Å². The van der Waals surface area contributed by atoms with Gasteiger partial charge in [0.1, 0.15) is 30.0 Å². The smallest absolute Gasteiger partial charge is 0.352 e. The topological polar surface area (TPSA) is 228 Å². The first kappa shape index (κ1) is 33.8. The number of carbonyl (C=O) groups is 4. The van der Waals surface area contributed by atoms with E-state index >= 15 is 0 Å². The Hall–Kier alpha value is -2.16. The molecule has 0 radical (unpaired) electrons. The van der Waals surface area contributed by atoms with Gasteiger partial charge in [0.05, 0.1) is 19.1 Å². The van der Waals surface area contributed by atoms with E-state index in [0.29, 0.717) is 32.6 Å². The Morgan fingerprint density at radius 1 is 0.917 bits per heavy atom. The van der Waals surface area contributed by atoms with Crippen LogP contribution < -0.4 is 0 Å². The number of rotatable bonds is 18. The highest BCUT2D eigenvalue weighted by atomic mass is 16.6. The molecule has 0 rings (SSSR count). The van der Waals surface area contributed by atoms with Crippen LogP contribution in [-0.4, -0.2) is 109 Å². The molecule has 0 aromatic rings. The van der Waals surface area contributed by atoms with Crippen molar-refractivity contribution in [1.82, 2.24) is 0 Å². The molecular formula is C23H40O13. The zero-order valence-corrected chi connectivity index (χ0v) is 21.1. The van der Waals surface area contributed by atoms with Crippen LogP contribution >= 0.6 is 0 Å². The summed E-state index contributed by atoms with van der Waals surface area (Å²) in [5.41, 5.74) is -6.48. The second-order valence-corrected chi connectivity index (χ2v) is 9.26. The molecule has 13 heteroatoms. The Morgan fingerprint density at radius 3 is 2.00 bits per heavy atom. The van der Waals surface area contributed by atoms with Crippen LogP contribution in [0.3, 0.4) is 0 Å². The Balaban J connectivity index is 4.81. The highest BCUT2D eigenvalue weighted by Gasteiger charge is 2.58. The number of aliphatic carboxylic acids is 1. The van der Waals surface area contributed by atoms with Gasteiger partial charge < -0.3 is 50.0 Å². The SMILES string of the molecule is CCC(C)C(=O)OCCC(C)CCCCOC(=O)C(O)(C(=O)O)C(O)C(O)C(O)C(C)(O)C(O)C=O. The van der Waals surface area contributed by atoms with Crippen LogP contribution in [-0.2, 0) is 28.7 Å². The summed E-state index contributed by atoms with van der Waals surface area (Å²) in [5, 5.41) is 69.3. The fourth-order valence-corrected chi connectivity index (χ4v) is 3.10. The van der Waals surface area contributed by atoms with Gasteiger partial charge >= 0.3 is 17.9 Å². The van der Waals surface area contributed by atoms with Gasteiger partial charge in [0.2, 0.25) is 0 Å². The molecule has 0 amide bonds. The number of ether oxygens (including phenoxy) is 2. The van der Waals surface area contributed by atoms with Gasteiger partial charge in [-0.15, -0.1) is 0 Å². The highest BCUT2D eigenvalue weighted by molar-refractivity contribution is 6.03. The van der Waals surface area contributed by atoms with E-state index in [0.717, 1.165) is 0 Å². The van der Waals surface area contributed by atoms with Crippen LogP contribution in [0.5, 0.6) is 0 Å². The molecule has 7 N–H and O–H groups in total. The number of esters is 2. The Kier molecular flexibility index (Phi) is 14.3. The zero-order chi connectivity index (χ0) is 28.3. The van der Waals surface area contributed by atoms with Crippen LogP contribution in [0, 0.1) is 11.8 Å². The minimum absolute atomic E-state index is 0.168. The first-order chi connectivity index (χ1) is 16.6. The molecule has 210 valence electrons. The number of carboxylic acids is 1. The maximum atomic E-state index is 12.3. The zero-order valence-electron chi connectivity index (χ0n) is 21.1. The lowest BCUT2D eigenvalue weighted by Crippen LogP contribution is -2.66. The van der Waals surface area contributed by atoms with Crippen molar-refractivity contribution in [3.05, 3.63) is 0 Å². The van der Waals surface area contributed by atoms with Crippen molar-refractivity contribution < 1.29 is 64.4 Å². The third-order valence-electron chi connectivity index (χ3n) is 6.23. The lowest BCUT2D eigenvalue weighted by molar-refractivity contribution is -0.222. The van der Waals surface area contributed by atoms with E-state index in [4.69, 9.17) is 9.47 Å². The van der Waals surface area contributed by atoms with Gasteiger partial charge in [-0.1, -0.05) is 27.2 Å². The Bertz CT molecular complexity index is 725. The first-order valence-corrected chi connectivity index (χ1v) is 11.8. The molecule has 8 atom stereocenters. The van der Waals surface area contributed by atoms with Gasteiger partial charge in [0.25, 0.3) is 5.60 Å². The second-order valence-electron chi connectivity index (χ2n) is 9.26. The standard InChI is InChI=1S/C23H40O13/c1-5-14(3)19(29)35-11-9-13(2)8-6-7-10-36-21(32)23(34,20(30)31)18(28)16(26)17(27)22(4,33)15(25)12-24/h12-18,25-28,33-34H,5-11H2,1-4H3,(H,30,31). The van der Waals surface area contributed by atoms with Gasteiger partial charge in [0.15, 0.2) is 6.29 Å². The quantitative estimate of drug-likeness (QED) is 0.0470. The summed E-state index contributed by atoms with van der Waals surface area (Å²) in [7, 11) is 0. The minimum Gasteiger partial charge on any atom is -0.479 e. The maximum absolute atomic E-state index is 12.3. The lowest BCUT2D eigenvalue weighted by atomic mass is 9.82. The monoisotopic (exact) mass is 524 g/mol. The number of aldehydes is 1.